The van der Waals surface area contributed by atoms with Crippen LogP contribution in [0, 0.1) is 26.6 Å². The second-order valence-corrected chi connectivity index (χ2v) is 5.55. The highest BCUT2D eigenvalue weighted by Gasteiger charge is 2.19. The summed E-state index contributed by atoms with van der Waals surface area (Å²) >= 11 is 0. The van der Waals surface area contributed by atoms with Gasteiger partial charge < -0.3 is 10.2 Å². The first-order chi connectivity index (χ1) is 9.97. The van der Waals surface area contributed by atoms with E-state index in [1.807, 2.05) is 13.0 Å². The summed E-state index contributed by atoms with van der Waals surface area (Å²) in [4.78, 5) is 0. The van der Waals surface area contributed by atoms with Crippen molar-refractivity contribution in [3.05, 3.63) is 70.2 Å². The molecule has 0 bridgehead atoms. The maximum Gasteiger partial charge on any atom is 0.134 e. The Labute approximate surface area is 123 Å². The monoisotopic (exact) mass is 283 g/mol. The summed E-state index contributed by atoms with van der Waals surface area (Å²) in [6.07, 6.45) is 0. The van der Waals surface area contributed by atoms with Crippen LogP contribution >= 0.6 is 0 Å². The van der Waals surface area contributed by atoms with Gasteiger partial charge in [-0.25, -0.2) is 4.39 Å². The average Bonchev–Trinajstić information content (AvgIpc) is 2.78. The lowest BCUT2D eigenvalue weighted by atomic mass is 9.98. The molecule has 1 atom stereocenters. The van der Waals surface area contributed by atoms with Gasteiger partial charge in [0.15, 0.2) is 0 Å². The molecule has 0 spiro atoms. The van der Waals surface area contributed by atoms with Crippen molar-refractivity contribution in [1.29, 1.82) is 0 Å². The zero-order valence-electron chi connectivity index (χ0n) is 12.4. The quantitative estimate of drug-likeness (QED) is 0.749. The molecule has 1 unspecified atom stereocenters. The number of rotatable bonds is 2. The van der Waals surface area contributed by atoms with Crippen molar-refractivity contribution < 1.29 is 8.81 Å². The molecular weight excluding hydrogens is 265 g/mol. The molecule has 0 saturated carbocycles. The number of aryl methyl sites for hydroxylation is 3. The Morgan fingerprint density at radius 3 is 2.48 bits per heavy atom. The van der Waals surface area contributed by atoms with E-state index in [-0.39, 0.29) is 11.9 Å². The Kier molecular flexibility index (Phi) is 3.30. The van der Waals surface area contributed by atoms with Crippen LogP contribution in [-0.2, 0) is 0 Å². The first-order valence-electron chi connectivity index (χ1n) is 6.98. The molecular formula is C18H18FNO. The number of nitrogens with two attached hydrogens (primary N) is 1. The smallest absolute Gasteiger partial charge is 0.134 e. The lowest BCUT2D eigenvalue weighted by Crippen LogP contribution is -2.12. The van der Waals surface area contributed by atoms with E-state index in [1.54, 1.807) is 6.07 Å². The van der Waals surface area contributed by atoms with Crippen LogP contribution in [0.3, 0.4) is 0 Å². The Hall–Kier alpha value is -2.13. The SMILES string of the molecule is Cc1ccc(C(N)c2oc3ccc(F)cc3c2C)cc1C. The molecule has 3 aromatic rings. The zero-order chi connectivity index (χ0) is 15.1. The largest absolute Gasteiger partial charge is 0.459 e. The summed E-state index contributed by atoms with van der Waals surface area (Å²) in [6.45, 7) is 6.05. The first-order valence-corrected chi connectivity index (χ1v) is 6.98. The van der Waals surface area contributed by atoms with Gasteiger partial charge in [0.2, 0.25) is 0 Å². The molecule has 0 saturated heterocycles. The van der Waals surface area contributed by atoms with Gasteiger partial charge in [-0.15, -0.1) is 0 Å². The number of fused-ring (bicyclic) bond motifs is 1. The van der Waals surface area contributed by atoms with Gasteiger partial charge in [0, 0.05) is 10.9 Å². The minimum Gasteiger partial charge on any atom is -0.459 e. The molecule has 3 rings (SSSR count). The molecule has 0 aliphatic rings. The molecule has 2 N–H and O–H groups in total. The molecule has 0 radical (unpaired) electrons. The van der Waals surface area contributed by atoms with E-state index in [0.29, 0.717) is 11.3 Å². The predicted molar refractivity (Wildman–Crippen MR) is 82.9 cm³/mol. The van der Waals surface area contributed by atoms with Crippen LogP contribution in [-0.4, -0.2) is 0 Å². The third-order valence-electron chi connectivity index (χ3n) is 4.11. The second kappa shape index (κ2) is 5.01. The summed E-state index contributed by atoms with van der Waals surface area (Å²) in [6, 6.07) is 10.3. The lowest BCUT2D eigenvalue weighted by molar-refractivity contribution is 0.520. The average molecular weight is 283 g/mol. The molecule has 0 fully saturated rings. The van der Waals surface area contributed by atoms with Crippen molar-refractivity contribution in [2.75, 3.05) is 0 Å². The van der Waals surface area contributed by atoms with Crippen LogP contribution in [0.5, 0.6) is 0 Å². The van der Waals surface area contributed by atoms with Crippen molar-refractivity contribution in [2.45, 2.75) is 26.8 Å². The van der Waals surface area contributed by atoms with Crippen LogP contribution in [0.1, 0.15) is 34.1 Å². The Bertz CT molecular complexity index is 819. The number of hydrogen-bond acceptors (Lipinski definition) is 2. The van der Waals surface area contributed by atoms with Crippen molar-refractivity contribution in [1.82, 2.24) is 0 Å². The third-order valence-corrected chi connectivity index (χ3v) is 4.11. The van der Waals surface area contributed by atoms with E-state index in [9.17, 15) is 4.39 Å². The Balaban J connectivity index is 2.10. The second-order valence-electron chi connectivity index (χ2n) is 5.55. The first kappa shape index (κ1) is 13.8. The minimum absolute atomic E-state index is 0.266. The standard InChI is InChI=1S/C18H18FNO/c1-10-4-5-13(8-11(10)2)17(20)18-12(3)15-9-14(19)6-7-16(15)21-18/h4-9,17H,20H2,1-3H3. The zero-order valence-corrected chi connectivity index (χ0v) is 12.4. The van der Waals surface area contributed by atoms with Crippen molar-refractivity contribution in [3.63, 3.8) is 0 Å². The van der Waals surface area contributed by atoms with E-state index < -0.39 is 0 Å². The molecule has 0 aliphatic carbocycles. The van der Waals surface area contributed by atoms with Gasteiger partial charge in [0.25, 0.3) is 0 Å². The highest BCUT2D eigenvalue weighted by atomic mass is 19.1. The fraction of sp³-hybridized carbons (Fsp3) is 0.222. The summed E-state index contributed by atoms with van der Waals surface area (Å²) < 4.78 is 19.2. The maximum atomic E-state index is 13.4. The predicted octanol–water partition coefficient (Wildman–Crippen LogP) is 4.55. The maximum absolute atomic E-state index is 13.4. The van der Waals surface area contributed by atoms with Crippen molar-refractivity contribution in [2.24, 2.45) is 5.73 Å². The molecule has 2 aromatic carbocycles. The van der Waals surface area contributed by atoms with Gasteiger partial charge in [-0.05, 0) is 55.7 Å². The highest BCUT2D eigenvalue weighted by Crippen LogP contribution is 2.32. The van der Waals surface area contributed by atoms with E-state index >= 15 is 0 Å². The van der Waals surface area contributed by atoms with Gasteiger partial charge in [-0.2, -0.15) is 0 Å². The van der Waals surface area contributed by atoms with Gasteiger partial charge in [0.1, 0.15) is 17.2 Å². The lowest BCUT2D eigenvalue weighted by Gasteiger charge is -2.12. The molecule has 0 amide bonds. The van der Waals surface area contributed by atoms with Crippen molar-refractivity contribution in [3.8, 4) is 0 Å². The number of furan rings is 1. The van der Waals surface area contributed by atoms with Crippen LogP contribution in [0.2, 0.25) is 0 Å². The van der Waals surface area contributed by atoms with Gasteiger partial charge in [0.05, 0.1) is 6.04 Å². The molecule has 1 aromatic heterocycles. The molecule has 2 nitrogen and oxygen atoms in total. The van der Waals surface area contributed by atoms with Crippen LogP contribution < -0.4 is 5.73 Å². The van der Waals surface area contributed by atoms with E-state index in [4.69, 9.17) is 10.2 Å². The summed E-state index contributed by atoms with van der Waals surface area (Å²) in [5.74, 6) is 0.427. The summed E-state index contributed by atoms with van der Waals surface area (Å²) in [5, 5.41) is 0.782. The summed E-state index contributed by atoms with van der Waals surface area (Å²) in [7, 11) is 0. The third kappa shape index (κ3) is 2.34. The topological polar surface area (TPSA) is 39.2 Å². The Morgan fingerprint density at radius 1 is 1.00 bits per heavy atom. The van der Waals surface area contributed by atoms with Crippen molar-refractivity contribution >= 4 is 11.0 Å². The molecule has 3 heteroatoms. The molecule has 21 heavy (non-hydrogen) atoms. The number of benzene rings is 2. The normalized spacial score (nSPS) is 12.8. The van der Waals surface area contributed by atoms with Gasteiger partial charge in [-0.1, -0.05) is 18.2 Å². The van der Waals surface area contributed by atoms with Gasteiger partial charge in [-0.3, -0.25) is 0 Å². The van der Waals surface area contributed by atoms with E-state index in [0.717, 1.165) is 16.5 Å². The van der Waals surface area contributed by atoms with E-state index in [2.05, 4.69) is 26.0 Å². The molecule has 0 aliphatic heterocycles. The molecule has 1 heterocycles. The fourth-order valence-electron chi connectivity index (χ4n) is 2.62. The highest BCUT2D eigenvalue weighted by molar-refractivity contribution is 5.82. The van der Waals surface area contributed by atoms with Crippen LogP contribution in [0.25, 0.3) is 11.0 Å². The van der Waals surface area contributed by atoms with Crippen LogP contribution in [0.15, 0.2) is 40.8 Å². The Morgan fingerprint density at radius 2 is 1.76 bits per heavy atom. The summed E-state index contributed by atoms with van der Waals surface area (Å²) in [5.41, 5.74) is 11.3. The number of halogens is 1. The van der Waals surface area contributed by atoms with Crippen LogP contribution in [0.4, 0.5) is 4.39 Å². The van der Waals surface area contributed by atoms with E-state index in [1.165, 1.54) is 23.3 Å². The minimum atomic E-state index is -0.347. The number of hydrogen-bond donors (Lipinski definition) is 1. The fourth-order valence-corrected chi connectivity index (χ4v) is 2.62. The molecule has 108 valence electrons. The van der Waals surface area contributed by atoms with Gasteiger partial charge >= 0.3 is 0 Å².